The maximum absolute atomic E-state index is 13.6. The number of rotatable bonds is 4. The van der Waals surface area contributed by atoms with E-state index < -0.39 is 0 Å². The molecule has 1 fully saturated rings. The molecule has 1 saturated heterocycles. The van der Waals surface area contributed by atoms with Gasteiger partial charge in [0.1, 0.15) is 5.82 Å². The first-order valence-corrected chi connectivity index (χ1v) is 8.54. The Balaban J connectivity index is 2.02. The lowest BCUT2D eigenvalue weighted by Gasteiger charge is -2.34. The van der Waals surface area contributed by atoms with Crippen LogP contribution in [0.15, 0.2) is 24.3 Å². The van der Waals surface area contributed by atoms with Crippen molar-refractivity contribution in [1.82, 2.24) is 0 Å². The number of hydrogen-bond donors (Lipinski definition) is 1. The summed E-state index contributed by atoms with van der Waals surface area (Å²) in [4.78, 5) is 0. The molecule has 1 aromatic carbocycles. The Morgan fingerprint density at radius 2 is 2.06 bits per heavy atom. The van der Waals surface area contributed by atoms with Crippen molar-refractivity contribution in [3.8, 4) is 0 Å². The van der Waals surface area contributed by atoms with Crippen LogP contribution in [0.2, 0.25) is 0 Å². The molecular formula is C14H20FNS2. The largest absolute Gasteiger partial charge is 0.326 e. The second-order valence-corrected chi connectivity index (χ2v) is 7.25. The third-order valence-corrected chi connectivity index (χ3v) is 6.76. The Morgan fingerprint density at radius 3 is 2.78 bits per heavy atom. The lowest BCUT2D eigenvalue weighted by atomic mass is 10.0. The van der Waals surface area contributed by atoms with Crippen LogP contribution in [0.5, 0.6) is 0 Å². The Bertz CT molecular complexity index is 386. The van der Waals surface area contributed by atoms with Crippen LogP contribution >= 0.6 is 23.5 Å². The second kappa shape index (κ2) is 6.83. The molecule has 0 saturated carbocycles. The van der Waals surface area contributed by atoms with E-state index in [2.05, 4.69) is 6.92 Å². The highest BCUT2D eigenvalue weighted by Gasteiger charge is 2.30. The van der Waals surface area contributed by atoms with Gasteiger partial charge in [-0.2, -0.15) is 23.5 Å². The molecule has 0 bridgehead atoms. The molecule has 0 spiro atoms. The molecule has 4 heteroatoms. The summed E-state index contributed by atoms with van der Waals surface area (Å²) in [5, 5.41) is 1.07. The van der Waals surface area contributed by atoms with E-state index in [1.807, 2.05) is 35.7 Å². The molecule has 1 heterocycles. The fourth-order valence-electron chi connectivity index (χ4n) is 2.37. The van der Waals surface area contributed by atoms with E-state index in [9.17, 15) is 4.39 Å². The molecule has 1 aromatic rings. The van der Waals surface area contributed by atoms with Crippen LogP contribution in [0, 0.1) is 5.82 Å². The van der Waals surface area contributed by atoms with Crippen molar-refractivity contribution in [1.29, 1.82) is 0 Å². The molecule has 18 heavy (non-hydrogen) atoms. The van der Waals surface area contributed by atoms with Crippen LogP contribution in [-0.2, 0) is 6.42 Å². The standard InChI is InChI=1S/C14H20FNS2/c1-2-13-14(18-8-7-17-13)12(16)9-10-5-3-4-6-11(10)15/h3-6,12-14H,2,7-9,16H2,1H3. The molecule has 2 N–H and O–H groups in total. The van der Waals surface area contributed by atoms with Crippen molar-refractivity contribution in [2.45, 2.75) is 36.3 Å². The quantitative estimate of drug-likeness (QED) is 0.919. The lowest BCUT2D eigenvalue weighted by Crippen LogP contribution is -2.43. The van der Waals surface area contributed by atoms with Crippen molar-refractivity contribution in [3.05, 3.63) is 35.6 Å². The maximum Gasteiger partial charge on any atom is 0.126 e. The summed E-state index contributed by atoms with van der Waals surface area (Å²) >= 11 is 3.98. The van der Waals surface area contributed by atoms with Gasteiger partial charge in [0.15, 0.2) is 0 Å². The van der Waals surface area contributed by atoms with Gasteiger partial charge in [0, 0.05) is 28.0 Å². The monoisotopic (exact) mass is 285 g/mol. The number of benzene rings is 1. The summed E-state index contributed by atoms with van der Waals surface area (Å²) in [6.45, 7) is 2.21. The van der Waals surface area contributed by atoms with Crippen LogP contribution < -0.4 is 5.73 Å². The Labute approximate surface area is 117 Å². The number of nitrogens with two attached hydrogens (primary N) is 1. The van der Waals surface area contributed by atoms with Gasteiger partial charge in [0.05, 0.1) is 0 Å². The first-order valence-electron chi connectivity index (χ1n) is 6.44. The molecule has 1 nitrogen and oxygen atoms in total. The molecule has 1 aliphatic heterocycles. The zero-order valence-corrected chi connectivity index (χ0v) is 12.3. The average Bonchev–Trinajstić information content (AvgIpc) is 2.41. The summed E-state index contributed by atoms with van der Waals surface area (Å²) in [5.41, 5.74) is 7.06. The van der Waals surface area contributed by atoms with Crippen molar-refractivity contribution >= 4 is 23.5 Å². The second-order valence-electron chi connectivity index (χ2n) is 4.61. The summed E-state index contributed by atoms with van der Waals surface area (Å²) in [6, 6.07) is 7.01. The third-order valence-electron chi connectivity index (χ3n) is 3.33. The molecule has 0 amide bonds. The molecule has 1 aliphatic rings. The van der Waals surface area contributed by atoms with Crippen LogP contribution in [0.1, 0.15) is 18.9 Å². The molecule has 100 valence electrons. The van der Waals surface area contributed by atoms with Crippen LogP contribution in [0.3, 0.4) is 0 Å². The zero-order chi connectivity index (χ0) is 13.0. The summed E-state index contributed by atoms with van der Waals surface area (Å²) in [7, 11) is 0. The van der Waals surface area contributed by atoms with Gasteiger partial charge in [-0.25, -0.2) is 4.39 Å². The minimum Gasteiger partial charge on any atom is -0.326 e. The molecule has 2 rings (SSSR count). The van der Waals surface area contributed by atoms with E-state index >= 15 is 0 Å². The minimum absolute atomic E-state index is 0.0460. The topological polar surface area (TPSA) is 26.0 Å². The van der Waals surface area contributed by atoms with Crippen molar-refractivity contribution in [2.75, 3.05) is 11.5 Å². The SMILES string of the molecule is CCC1SCCSC1C(N)Cc1ccccc1F. The fourth-order valence-corrected chi connectivity index (χ4v) is 5.56. The van der Waals surface area contributed by atoms with Gasteiger partial charge in [0.25, 0.3) is 0 Å². The smallest absolute Gasteiger partial charge is 0.126 e. The van der Waals surface area contributed by atoms with Gasteiger partial charge in [-0.05, 0) is 24.5 Å². The summed E-state index contributed by atoms with van der Waals surface area (Å²) in [6.07, 6.45) is 1.79. The minimum atomic E-state index is -0.130. The first-order chi connectivity index (χ1) is 8.72. The summed E-state index contributed by atoms with van der Waals surface area (Å²) in [5.74, 6) is 2.25. The van der Waals surface area contributed by atoms with Gasteiger partial charge in [-0.3, -0.25) is 0 Å². The Hall–Kier alpha value is -0.190. The molecule has 0 aromatic heterocycles. The molecule has 3 unspecified atom stereocenters. The summed E-state index contributed by atoms with van der Waals surface area (Å²) < 4.78 is 13.6. The highest BCUT2D eigenvalue weighted by Crippen LogP contribution is 2.35. The maximum atomic E-state index is 13.6. The van der Waals surface area contributed by atoms with Crippen molar-refractivity contribution < 1.29 is 4.39 Å². The van der Waals surface area contributed by atoms with Crippen LogP contribution in [0.4, 0.5) is 4.39 Å². The molecule has 0 radical (unpaired) electrons. The van der Waals surface area contributed by atoms with Crippen molar-refractivity contribution in [2.24, 2.45) is 5.73 Å². The third kappa shape index (κ3) is 3.43. The zero-order valence-electron chi connectivity index (χ0n) is 10.6. The van der Waals surface area contributed by atoms with Gasteiger partial charge in [-0.1, -0.05) is 25.1 Å². The predicted molar refractivity (Wildman–Crippen MR) is 80.9 cm³/mol. The van der Waals surface area contributed by atoms with Crippen LogP contribution in [0.25, 0.3) is 0 Å². The van der Waals surface area contributed by atoms with E-state index in [1.165, 1.54) is 11.8 Å². The van der Waals surface area contributed by atoms with Gasteiger partial charge in [0.2, 0.25) is 0 Å². The number of halogens is 1. The van der Waals surface area contributed by atoms with Gasteiger partial charge >= 0.3 is 0 Å². The van der Waals surface area contributed by atoms with Gasteiger partial charge < -0.3 is 5.73 Å². The van der Waals surface area contributed by atoms with E-state index in [0.717, 1.165) is 17.7 Å². The van der Waals surface area contributed by atoms with E-state index in [4.69, 9.17) is 5.73 Å². The highest BCUT2D eigenvalue weighted by atomic mass is 32.2. The fraction of sp³-hybridized carbons (Fsp3) is 0.571. The molecular weight excluding hydrogens is 265 g/mol. The Kier molecular flexibility index (Phi) is 5.39. The number of thioether (sulfide) groups is 2. The lowest BCUT2D eigenvalue weighted by molar-refractivity contribution is 0.562. The predicted octanol–water partition coefficient (Wildman–Crippen LogP) is 3.32. The van der Waals surface area contributed by atoms with E-state index in [1.54, 1.807) is 6.07 Å². The molecule has 0 aliphatic carbocycles. The average molecular weight is 285 g/mol. The van der Waals surface area contributed by atoms with Crippen molar-refractivity contribution in [3.63, 3.8) is 0 Å². The molecule has 3 atom stereocenters. The Morgan fingerprint density at radius 1 is 1.33 bits per heavy atom. The highest BCUT2D eigenvalue weighted by molar-refractivity contribution is 8.07. The van der Waals surface area contributed by atoms with E-state index in [-0.39, 0.29) is 11.9 Å². The van der Waals surface area contributed by atoms with Crippen LogP contribution in [-0.4, -0.2) is 28.0 Å². The normalized spacial score (nSPS) is 25.9. The van der Waals surface area contributed by atoms with E-state index in [0.29, 0.717) is 16.9 Å². The van der Waals surface area contributed by atoms with Gasteiger partial charge in [-0.15, -0.1) is 0 Å². The number of hydrogen-bond acceptors (Lipinski definition) is 3. The first kappa shape index (κ1) is 14.2.